The first-order chi connectivity index (χ1) is 12.1. The van der Waals surface area contributed by atoms with Crippen molar-refractivity contribution in [1.82, 2.24) is 9.29 Å². The number of rotatable bonds is 4. The van der Waals surface area contributed by atoms with E-state index < -0.39 is 21.8 Å². The summed E-state index contributed by atoms with van der Waals surface area (Å²) in [6.45, 7) is 5.94. The first-order valence-corrected chi connectivity index (χ1v) is 9.75. The molecule has 1 atom stereocenters. The molecule has 0 bridgehead atoms. The topological polar surface area (TPSA) is 81.3 Å². The van der Waals surface area contributed by atoms with Gasteiger partial charge in [-0.05, 0) is 23.1 Å². The number of aromatic nitrogens is 1. The molecule has 0 fully saturated rings. The molecule has 7 heteroatoms. The summed E-state index contributed by atoms with van der Waals surface area (Å²) in [5.74, 6) is -0.528. The lowest BCUT2D eigenvalue weighted by atomic mass is 9.83. The average molecular weight is 374 g/mol. The summed E-state index contributed by atoms with van der Waals surface area (Å²) < 4.78 is 35.2. The van der Waals surface area contributed by atoms with Gasteiger partial charge in [0.05, 0.1) is 16.5 Å². The van der Waals surface area contributed by atoms with Crippen LogP contribution in [-0.2, 0) is 17.1 Å². The minimum Gasteiger partial charge on any atom is -0.408 e. The Labute approximate surface area is 152 Å². The molecule has 0 saturated heterocycles. The second-order valence-electron chi connectivity index (χ2n) is 7.39. The third-order valence-electron chi connectivity index (χ3n) is 4.35. The maximum absolute atomic E-state index is 13.0. The van der Waals surface area contributed by atoms with Gasteiger partial charge in [0.2, 0.25) is 10.0 Å². The van der Waals surface area contributed by atoms with Gasteiger partial charge in [-0.25, -0.2) is 17.9 Å². The lowest BCUT2D eigenvalue weighted by Gasteiger charge is -2.31. The Morgan fingerprint density at radius 1 is 1.08 bits per heavy atom. The van der Waals surface area contributed by atoms with Crippen LogP contribution in [0.5, 0.6) is 0 Å². The highest BCUT2D eigenvalue weighted by Gasteiger charge is 2.31. The molecule has 3 rings (SSSR count). The SMILES string of the molecule is Cn1c(=O)oc2cc(S(=O)(=O)NC(c3ccccc3)C(C)(C)C)ccc21. The summed E-state index contributed by atoms with van der Waals surface area (Å²) in [6.07, 6.45) is 0. The van der Waals surface area contributed by atoms with E-state index in [-0.39, 0.29) is 15.9 Å². The fourth-order valence-electron chi connectivity index (χ4n) is 2.89. The smallest absolute Gasteiger partial charge is 0.408 e. The molecular formula is C19H22N2O4S. The van der Waals surface area contributed by atoms with Crippen molar-refractivity contribution in [2.45, 2.75) is 31.7 Å². The molecule has 0 spiro atoms. The van der Waals surface area contributed by atoms with Crippen LogP contribution in [0.3, 0.4) is 0 Å². The van der Waals surface area contributed by atoms with Crippen molar-refractivity contribution in [3.63, 3.8) is 0 Å². The number of sulfonamides is 1. The number of nitrogens with one attached hydrogen (secondary N) is 1. The summed E-state index contributed by atoms with van der Waals surface area (Å²) >= 11 is 0. The van der Waals surface area contributed by atoms with Crippen molar-refractivity contribution >= 4 is 21.1 Å². The summed E-state index contributed by atoms with van der Waals surface area (Å²) in [6, 6.07) is 13.5. The maximum atomic E-state index is 13.0. The second-order valence-corrected chi connectivity index (χ2v) is 9.10. The van der Waals surface area contributed by atoms with Gasteiger partial charge in [-0.15, -0.1) is 0 Å². The van der Waals surface area contributed by atoms with Crippen LogP contribution in [0.25, 0.3) is 11.1 Å². The third-order valence-corrected chi connectivity index (χ3v) is 5.77. The zero-order chi connectivity index (χ0) is 19.1. The number of oxazole rings is 1. The molecule has 2 aromatic carbocycles. The minimum absolute atomic E-state index is 0.0598. The Bertz CT molecular complexity index is 1090. The molecule has 0 aliphatic carbocycles. The first-order valence-electron chi connectivity index (χ1n) is 8.26. The Morgan fingerprint density at radius 2 is 1.73 bits per heavy atom. The Balaban J connectivity index is 2.02. The highest BCUT2D eigenvalue weighted by atomic mass is 32.2. The molecule has 0 saturated carbocycles. The number of aryl methyl sites for hydroxylation is 1. The summed E-state index contributed by atoms with van der Waals surface area (Å²) in [5.41, 5.74) is 1.34. The van der Waals surface area contributed by atoms with Gasteiger partial charge in [0.25, 0.3) is 0 Å². The number of hydrogen-bond acceptors (Lipinski definition) is 4. The van der Waals surface area contributed by atoms with Crippen LogP contribution >= 0.6 is 0 Å². The molecule has 1 N–H and O–H groups in total. The zero-order valence-corrected chi connectivity index (χ0v) is 16.0. The second kappa shape index (κ2) is 6.41. The first kappa shape index (κ1) is 18.4. The number of fused-ring (bicyclic) bond motifs is 1. The molecule has 0 radical (unpaired) electrons. The van der Waals surface area contributed by atoms with Gasteiger partial charge in [-0.1, -0.05) is 51.1 Å². The van der Waals surface area contributed by atoms with Gasteiger partial charge >= 0.3 is 5.76 Å². The Hall–Kier alpha value is -2.38. The summed E-state index contributed by atoms with van der Waals surface area (Å²) in [7, 11) is -2.23. The normalized spacial score (nSPS) is 13.8. The molecule has 3 aromatic rings. The van der Waals surface area contributed by atoms with Crippen LogP contribution in [0.15, 0.2) is 62.6 Å². The quantitative estimate of drug-likeness (QED) is 0.760. The summed E-state index contributed by atoms with van der Waals surface area (Å²) in [5, 5.41) is 0. The van der Waals surface area contributed by atoms with Gasteiger partial charge < -0.3 is 4.42 Å². The van der Waals surface area contributed by atoms with E-state index in [1.54, 1.807) is 13.1 Å². The molecule has 0 aliphatic heterocycles. The van der Waals surface area contributed by atoms with E-state index in [9.17, 15) is 13.2 Å². The molecule has 1 aromatic heterocycles. The molecular weight excluding hydrogens is 352 g/mol. The van der Waals surface area contributed by atoms with Crippen LogP contribution in [0.4, 0.5) is 0 Å². The summed E-state index contributed by atoms with van der Waals surface area (Å²) in [4.78, 5) is 11.7. The van der Waals surface area contributed by atoms with E-state index >= 15 is 0 Å². The number of benzene rings is 2. The average Bonchev–Trinajstić information content (AvgIpc) is 2.86. The highest BCUT2D eigenvalue weighted by Crippen LogP contribution is 2.34. The van der Waals surface area contributed by atoms with Gasteiger partial charge in [0.1, 0.15) is 0 Å². The van der Waals surface area contributed by atoms with Crippen molar-refractivity contribution in [3.05, 3.63) is 64.6 Å². The fourth-order valence-corrected chi connectivity index (χ4v) is 4.34. The van der Waals surface area contributed by atoms with Crippen molar-refractivity contribution in [2.75, 3.05) is 0 Å². The van der Waals surface area contributed by atoms with Crippen LogP contribution in [0.2, 0.25) is 0 Å². The predicted molar refractivity (Wildman–Crippen MR) is 100 cm³/mol. The van der Waals surface area contributed by atoms with E-state index in [1.165, 1.54) is 16.7 Å². The van der Waals surface area contributed by atoms with Crippen molar-refractivity contribution < 1.29 is 12.8 Å². The third kappa shape index (κ3) is 3.45. The molecule has 0 amide bonds. The number of nitrogens with zero attached hydrogens (tertiary/aromatic N) is 1. The van der Waals surface area contributed by atoms with Crippen LogP contribution in [0.1, 0.15) is 32.4 Å². The molecule has 1 heterocycles. The Kier molecular flexibility index (Phi) is 4.54. The van der Waals surface area contributed by atoms with Gasteiger partial charge in [0, 0.05) is 13.1 Å². The Morgan fingerprint density at radius 3 is 2.35 bits per heavy atom. The van der Waals surface area contributed by atoms with Gasteiger partial charge in [-0.2, -0.15) is 0 Å². The molecule has 6 nitrogen and oxygen atoms in total. The van der Waals surface area contributed by atoms with E-state index in [4.69, 9.17) is 4.42 Å². The van der Waals surface area contributed by atoms with Gasteiger partial charge in [-0.3, -0.25) is 4.57 Å². The predicted octanol–water partition coefficient (Wildman–Crippen LogP) is 3.20. The van der Waals surface area contributed by atoms with E-state index in [0.29, 0.717) is 5.52 Å². The molecule has 138 valence electrons. The van der Waals surface area contributed by atoms with Crippen molar-refractivity contribution in [1.29, 1.82) is 0 Å². The van der Waals surface area contributed by atoms with Crippen LogP contribution in [0, 0.1) is 5.41 Å². The monoisotopic (exact) mass is 374 g/mol. The fraction of sp³-hybridized carbons (Fsp3) is 0.316. The molecule has 26 heavy (non-hydrogen) atoms. The van der Waals surface area contributed by atoms with Crippen molar-refractivity contribution in [3.8, 4) is 0 Å². The van der Waals surface area contributed by atoms with Crippen LogP contribution in [-0.4, -0.2) is 13.0 Å². The van der Waals surface area contributed by atoms with E-state index in [0.717, 1.165) is 5.56 Å². The number of hydrogen-bond donors (Lipinski definition) is 1. The maximum Gasteiger partial charge on any atom is 0.419 e. The lowest BCUT2D eigenvalue weighted by Crippen LogP contribution is -2.36. The van der Waals surface area contributed by atoms with E-state index in [2.05, 4.69) is 4.72 Å². The van der Waals surface area contributed by atoms with Crippen LogP contribution < -0.4 is 10.5 Å². The van der Waals surface area contributed by atoms with Gasteiger partial charge in [0.15, 0.2) is 5.58 Å². The largest absolute Gasteiger partial charge is 0.419 e. The zero-order valence-electron chi connectivity index (χ0n) is 15.2. The molecule has 0 aliphatic rings. The highest BCUT2D eigenvalue weighted by molar-refractivity contribution is 7.89. The standard InChI is InChI=1S/C19H22N2O4S/c1-19(2,3)17(13-8-6-5-7-9-13)20-26(23,24)14-10-11-15-16(12-14)25-18(22)21(15)4/h5-12,17,20H,1-4H3. The van der Waals surface area contributed by atoms with Crippen molar-refractivity contribution in [2.24, 2.45) is 12.5 Å². The minimum atomic E-state index is -3.81. The molecule has 1 unspecified atom stereocenters. The lowest BCUT2D eigenvalue weighted by molar-refractivity contribution is 0.304. The van der Waals surface area contributed by atoms with E-state index in [1.807, 2.05) is 51.1 Å².